The summed E-state index contributed by atoms with van der Waals surface area (Å²) in [5, 5.41) is 3.57. The molecule has 0 radical (unpaired) electrons. The molecular formula is C16H20BrNO. The van der Waals surface area contributed by atoms with Crippen LogP contribution in [0.15, 0.2) is 45.5 Å². The van der Waals surface area contributed by atoms with Crippen molar-refractivity contribution in [2.75, 3.05) is 6.54 Å². The SMILES string of the molecule is CCCNC(CC)c1ccc(-c2occc2Br)cc1. The summed E-state index contributed by atoms with van der Waals surface area (Å²) in [7, 11) is 0. The Morgan fingerprint density at radius 3 is 2.42 bits per heavy atom. The maximum Gasteiger partial charge on any atom is 0.148 e. The maximum absolute atomic E-state index is 5.48. The van der Waals surface area contributed by atoms with Gasteiger partial charge in [-0.25, -0.2) is 0 Å². The van der Waals surface area contributed by atoms with E-state index in [2.05, 4.69) is 59.4 Å². The van der Waals surface area contributed by atoms with E-state index in [0.717, 1.165) is 35.2 Å². The fourth-order valence-electron chi connectivity index (χ4n) is 2.18. The average Bonchev–Trinajstić information content (AvgIpc) is 2.87. The summed E-state index contributed by atoms with van der Waals surface area (Å²) in [6.45, 7) is 5.46. The molecule has 1 aromatic heterocycles. The molecule has 0 spiro atoms. The van der Waals surface area contributed by atoms with Crippen LogP contribution in [0.4, 0.5) is 0 Å². The van der Waals surface area contributed by atoms with Crippen LogP contribution >= 0.6 is 15.9 Å². The lowest BCUT2D eigenvalue weighted by Crippen LogP contribution is -2.21. The first-order valence-electron chi connectivity index (χ1n) is 6.83. The highest BCUT2D eigenvalue weighted by Crippen LogP contribution is 2.30. The van der Waals surface area contributed by atoms with E-state index in [1.807, 2.05) is 6.07 Å². The minimum atomic E-state index is 0.439. The van der Waals surface area contributed by atoms with E-state index in [1.54, 1.807) is 6.26 Å². The van der Waals surface area contributed by atoms with E-state index in [4.69, 9.17) is 4.42 Å². The van der Waals surface area contributed by atoms with Gasteiger partial charge in [0.15, 0.2) is 0 Å². The molecule has 0 fully saturated rings. The van der Waals surface area contributed by atoms with Crippen LogP contribution in [0.3, 0.4) is 0 Å². The number of hydrogen-bond acceptors (Lipinski definition) is 2. The lowest BCUT2D eigenvalue weighted by Gasteiger charge is -2.17. The quantitative estimate of drug-likeness (QED) is 0.795. The molecule has 0 aliphatic heterocycles. The molecule has 0 saturated heterocycles. The van der Waals surface area contributed by atoms with Gasteiger partial charge in [0.05, 0.1) is 10.7 Å². The number of benzene rings is 1. The van der Waals surface area contributed by atoms with Gasteiger partial charge in [-0.05, 0) is 46.9 Å². The van der Waals surface area contributed by atoms with Crippen LogP contribution in [0, 0.1) is 0 Å². The summed E-state index contributed by atoms with van der Waals surface area (Å²) in [6.07, 6.45) is 3.96. The van der Waals surface area contributed by atoms with Crippen molar-refractivity contribution in [1.82, 2.24) is 5.32 Å². The van der Waals surface area contributed by atoms with Crippen molar-refractivity contribution in [2.45, 2.75) is 32.7 Å². The summed E-state index contributed by atoms with van der Waals surface area (Å²) >= 11 is 3.49. The fourth-order valence-corrected chi connectivity index (χ4v) is 2.61. The molecule has 0 amide bonds. The van der Waals surface area contributed by atoms with E-state index >= 15 is 0 Å². The average molecular weight is 322 g/mol. The third-order valence-corrected chi connectivity index (χ3v) is 3.87. The summed E-state index contributed by atoms with van der Waals surface area (Å²) in [5.41, 5.74) is 2.44. The zero-order valence-electron chi connectivity index (χ0n) is 11.4. The second kappa shape index (κ2) is 6.92. The second-order valence-electron chi connectivity index (χ2n) is 4.63. The molecule has 0 aliphatic carbocycles. The molecule has 2 aromatic rings. The first-order valence-corrected chi connectivity index (χ1v) is 7.62. The van der Waals surface area contributed by atoms with E-state index in [9.17, 15) is 0 Å². The molecule has 0 aliphatic rings. The van der Waals surface area contributed by atoms with Crippen LogP contribution in [0.1, 0.15) is 38.3 Å². The predicted octanol–water partition coefficient (Wildman–Crippen LogP) is 5.16. The lowest BCUT2D eigenvalue weighted by atomic mass is 10.0. The molecule has 1 aromatic carbocycles. The summed E-state index contributed by atoms with van der Waals surface area (Å²) in [6, 6.07) is 11.0. The second-order valence-corrected chi connectivity index (χ2v) is 5.49. The lowest BCUT2D eigenvalue weighted by molar-refractivity contribution is 0.518. The van der Waals surface area contributed by atoms with Crippen LogP contribution in [0.2, 0.25) is 0 Å². The molecule has 102 valence electrons. The van der Waals surface area contributed by atoms with Crippen molar-refractivity contribution in [1.29, 1.82) is 0 Å². The van der Waals surface area contributed by atoms with Crippen molar-refractivity contribution in [2.24, 2.45) is 0 Å². The fraction of sp³-hybridized carbons (Fsp3) is 0.375. The Morgan fingerprint density at radius 2 is 1.89 bits per heavy atom. The van der Waals surface area contributed by atoms with Gasteiger partial charge >= 0.3 is 0 Å². The Balaban J connectivity index is 2.15. The van der Waals surface area contributed by atoms with Gasteiger partial charge in [-0.15, -0.1) is 0 Å². The number of rotatable bonds is 6. The first kappa shape index (κ1) is 14.4. The van der Waals surface area contributed by atoms with E-state index in [0.29, 0.717) is 6.04 Å². The third-order valence-electron chi connectivity index (χ3n) is 3.24. The predicted molar refractivity (Wildman–Crippen MR) is 83.2 cm³/mol. The van der Waals surface area contributed by atoms with Crippen molar-refractivity contribution < 1.29 is 4.42 Å². The molecule has 1 atom stereocenters. The van der Waals surface area contributed by atoms with Crippen LogP contribution in [-0.2, 0) is 0 Å². The molecule has 1 heterocycles. The number of furan rings is 1. The van der Waals surface area contributed by atoms with Gasteiger partial charge in [0, 0.05) is 11.6 Å². The highest BCUT2D eigenvalue weighted by molar-refractivity contribution is 9.10. The molecule has 2 rings (SSSR count). The molecule has 1 unspecified atom stereocenters. The summed E-state index contributed by atoms with van der Waals surface area (Å²) in [4.78, 5) is 0. The molecule has 0 bridgehead atoms. The first-order chi connectivity index (χ1) is 9.26. The minimum Gasteiger partial charge on any atom is -0.463 e. The van der Waals surface area contributed by atoms with Crippen molar-refractivity contribution >= 4 is 15.9 Å². The molecule has 1 N–H and O–H groups in total. The monoisotopic (exact) mass is 321 g/mol. The van der Waals surface area contributed by atoms with E-state index in [1.165, 1.54) is 5.56 Å². The standard InChI is InChI=1S/C16H20BrNO/c1-3-10-18-15(4-2)12-5-7-13(8-6-12)16-14(17)9-11-19-16/h5-9,11,15,18H,3-4,10H2,1-2H3. The highest BCUT2D eigenvalue weighted by Gasteiger charge is 2.10. The molecule has 0 saturated carbocycles. The Morgan fingerprint density at radius 1 is 1.16 bits per heavy atom. The van der Waals surface area contributed by atoms with Gasteiger partial charge < -0.3 is 9.73 Å². The Hall–Kier alpha value is -1.06. The largest absolute Gasteiger partial charge is 0.463 e. The zero-order chi connectivity index (χ0) is 13.7. The van der Waals surface area contributed by atoms with Crippen molar-refractivity contribution in [3.8, 4) is 11.3 Å². The van der Waals surface area contributed by atoms with Gasteiger partial charge in [0.2, 0.25) is 0 Å². The Kier molecular flexibility index (Phi) is 5.23. The topological polar surface area (TPSA) is 25.2 Å². The normalized spacial score (nSPS) is 12.6. The number of hydrogen-bond donors (Lipinski definition) is 1. The molecule has 2 nitrogen and oxygen atoms in total. The van der Waals surface area contributed by atoms with E-state index in [-0.39, 0.29) is 0 Å². The van der Waals surface area contributed by atoms with Crippen LogP contribution in [-0.4, -0.2) is 6.54 Å². The Bertz CT molecular complexity index is 504. The van der Waals surface area contributed by atoms with E-state index < -0.39 is 0 Å². The van der Waals surface area contributed by atoms with Gasteiger partial charge in [-0.1, -0.05) is 38.1 Å². The molecule has 3 heteroatoms. The smallest absolute Gasteiger partial charge is 0.148 e. The number of halogens is 1. The van der Waals surface area contributed by atoms with Gasteiger partial charge in [0.25, 0.3) is 0 Å². The number of nitrogens with one attached hydrogen (secondary N) is 1. The molecular weight excluding hydrogens is 302 g/mol. The van der Waals surface area contributed by atoms with Crippen LogP contribution < -0.4 is 5.32 Å². The maximum atomic E-state index is 5.48. The third kappa shape index (κ3) is 3.48. The van der Waals surface area contributed by atoms with Gasteiger partial charge in [-0.2, -0.15) is 0 Å². The minimum absolute atomic E-state index is 0.439. The van der Waals surface area contributed by atoms with Crippen LogP contribution in [0.5, 0.6) is 0 Å². The van der Waals surface area contributed by atoms with Gasteiger partial charge in [0.1, 0.15) is 5.76 Å². The Labute approximate surface area is 123 Å². The van der Waals surface area contributed by atoms with Gasteiger partial charge in [-0.3, -0.25) is 0 Å². The highest BCUT2D eigenvalue weighted by atomic mass is 79.9. The van der Waals surface area contributed by atoms with Crippen LogP contribution in [0.25, 0.3) is 11.3 Å². The summed E-state index contributed by atoms with van der Waals surface area (Å²) < 4.78 is 6.48. The summed E-state index contributed by atoms with van der Waals surface area (Å²) in [5.74, 6) is 0.890. The van der Waals surface area contributed by atoms with Crippen molar-refractivity contribution in [3.05, 3.63) is 46.6 Å². The zero-order valence-corrected chi connectivity index (χ0v) is 13.0. The van der Waals surface area contributed by atoms with Crippen molar-refractivity contribution in [3.63, 3.8) is 0 Å². The molecule has 19 heavy (non-hydrogen) atoms.